The first kappa shape index (κ1) is 71.0. The maximum atomic E-state index is 12.8. The van der Waals surface area contributed by atoms with Crippen LogP contribution in [0.25, 0.3) is 0 Å². The molecule has 0 aromatic carbocycles. The lowest BCUT2D eigenvalue weighted by atomic mass is 10.0. The number of rotatable bonds is 57. The Balaban J connectivity index is 4.03. The second-order valence-corrected chi connectivity index (χ2v) is 23.5. The Hall–Kier alpha value is -2.03. The Bertz CT molecular complexity index is 1370. The van der Waals surface area contributed by atoms with Gasteiger partial charge in [0.1, 0.15) is 19.8 Å². The quantitative estimate of drug-likeness (QED) is 0.0211. The van der Waals surface area contributed by atoms with E-state index < -0.39 is 26.5 Å². The van der Waals surface area contributed by atoms with Gasteiger partial charge in [0, 0.05) is 12.8 Å². The molecule has 0 aromatic heterocycles. The van der Waals surface area contributed by atoms with E-state index in [1.807, 2.05) is 21.1 Å². The standard InChI is InChI=1S/C63H118NO8P/c1-6-8-10-12-14-16-18-20-22-24-25-26-27-28-29-30-31-32-33-34-35-36-37-38-39-40-42-44-46-48-50-52-54-56-63(66)72-61(60-71-73(67,68)70-58-57-64(3,4)5)59-69-62(65)55-53-51-49-47-45-43-41-23-21-19-17-15-13-11-9-7-2/h18,20,23-25,27-28,41,61H,6-17,19,21-22,26,29-40,42-60H2,1-5H3/p+1/b20-18-,25-24-,28-27-,41-23-. The molecule has 0 aliphatic carbocycles. The number of carbonyl (C=O) groups excluding carboxylic acids is 2. The van der Waals surface area contributed by atoms with Crippen LogP contribution in [0, 0.1) is 0 Å². The molecule has 0 bridgehead atoms. The van der Waals surface area contributed by atoms with Crippen LogP contribution < -0.4 is 0 Å². The molecule has 10 heteroatoms. The Kier molecular flexibility index (Phi) is 53.2. The van der Waals surface area contributed by atoms with E-state index >= 15 is 0 Å². The molecule has 73 heavy (non-hydrogen) atoms. The van der Waals surface area contributed by atoms with Gasteiger partial charge in [0.25, 0.3) is 0 Å². The predicted octanol–water partition coefficient (Wildman–Crippen LogP) is 19.3. The van der Waals surface area contributed by atoms with E-state index in [2.05, 4.69) is 62.5 Å². The van der Waals surface area contributed by atoms with Gasteiger partial charge in [-0.3, -0.25) is 18.6 Å². The van der Waals surface area contributed by atoms with E-state index in [-0.39, 0.29) is 32.0 Å². The molecule has 0 saturated carbocycles. The zero-order valence-corrected chi connectivity index (χ0v) is 49.5. The highest BCUT2D eigenvalue weighted by Gasteiger charge is 2.27. The molecule has 0 fully saturated rings. The van der Waals surface area contributed by atoms with Crippen molar-refractivity contribution in [2.75, 3.05) is 47.5 Å². The van der Waals surface area contributed by atoms with Crippen LogP contribution in [-0.2, 0) is 32.7 Å². The number of hydrogen-bond acceptors (Lipinski definition) is 7. The molecule has 0 saturated heterocycles. The molecule has 0 amide bonds. The molecule has 2 unspecified atom stereocenters. The number of unbranched alkanes of at least 4 members (excludes halogenated alkanes) is 35. The van der Waals surface area contributed by atoms with Crippen molar-refractivity contribution in [3.8, 4) is 0 Å². The van der Waals surface area contributed by atoms with Crippen molar-refractivity contribution >= 4 is 19.8 Å². The number of hydrogen-bond donors (Lipinski definition) is 1. The van der Waals surface area contributed by atoms with E-state index in [1.54, 1.807) is 0 Å². The lowest BCUT2D eigenvalue weighted by Gasteiger charge is -2.24. The van der Waals surface area contributed by atoms with Gasteiger partial charge < -0.3 is 18.9 Å². The fourth-order valence-electron chi connectivity index (χ4n) is 8.78. The highest BCUT2D eigenvalue weighted by Crippen LogP contribution is 2.43. The first-order valence-corrected chi connectivity index (χ1v) is 32.4. The zero-order valence-electron chi connectivity index (χ0n) is 48.6. The third kappa shape index (κ3) is 59.1. The van der Waals surface area contributed by atoms with Crippen LogP contribution in [0.3, 0.4) is 0 Å². The van der Waals surface area contributed by atoms with E-state index in [0.29, 0.717) is 17.4 Å². The highest BCUT2D eigenvalue weighted by atomic mass is 31.2. The van der Waals surface area contributed by atoms with Crippen LogP contribution in [0.1, 0.15) is 290 Å². The average molecular weight is 1050 g/mol. The Morgan fingerprint density at radius 2 is 0.740 bits per heavy atom. The van der Waals surface area contributed by atoms with Crippen molar-refractivity contribution in [2.45, 2.75) is 296 Å². The summed E-state index contributed by atoms with van der Waals surface area (Å²) in [5.74, 6) is -0.796. The van der Waals surface area contributed by atoms with E-state index in [0.717, 1.165) is 64.2 Å². The van der Waals surface area contributed by atoms with Crippen LogP contribution in [0.15, 0.2) is 48.6 Å². The lowest BCUT2D eigenvalue weighted by Crippen LogP contribution is -2.37. The molecule has 0 heterocycles. The molecule has 0 aromatic rings. The molecule has 0 rings (SSSR count). The molecule has 0 radical (unpaired) electrons. The highest BCUT2D eigenvalue weighted by molar-refractivity contribution is 7.47. The van der Waals surface area contributed by atoms with Gasteiger partial charge in [0.2, 0.25) is 0 Å². The fourth-order valence-corrected chi connectivity index (χ4v) is 9.53. The molecule has 0 aliphatic rings. The van der Waals surface area contributed by atoms with Gasteiger partial charge in [-0.25, -0.2) is 4.57 Å². The minimum atomic E-state index is -4.39. The maximum Gasteiger partial charge on any atom is 0.472 e. The van der Waals surface area contributed by atoms with Gasteiger partial charge in [0.05, 0.1) is 27.7 Å². The first-order chi connectivity index (χ1) is 35.5. The molecule has 1 N–H and O–H groups in total. The van der Waals surface area contributed by atoms with E-state index in [4.69, 9.17) is 18.5 Å². The summed E-state index contributed by atoms with van der Waals surface area (Å²) < 4.78 is 34.6. The van der Waals surface area contributed by atoms with E-state index in [1.165, 1.54) is 193 Å². The lowest BCUT2D eigenvalue weighted by molar-refractivity contribution is -0.870. The Morgan fingerprint density at radius 1 is 0.425 bits per heavy atom. The molecule has 428 valence electrons. The number of quaternary nitrogens is 1. The van der Waals surface area contributed by atoms with Gasteiger partial charge in [-0.15, -0.1) is 0 Å². The van der Waals surface area contributed by atoms with Crippen molar-refractivity contribution < 1.29 is 42.1 Å². The smallest absolute Gasteiger partial charge is 0.462 e. The number of nitrogens with zero attached hydrogens (tertiary/aromatic N) is 1. The van der Waals surface area contributed by atoms with Gasteiger partial charge in [0.15, 0.2) is 6.10 Å². The van der Waals surface area contributed by atoms with Crippen LogP contribution >= 0.6 is 7.82 Å². The predicted molar refractivity (Wildman–Crippen MR) is 312 cm³/mol. The van der Waals surface area contributed by atoms with E-state index in [9.17, 15) is 19.0 Å². The molecule has 2 atom stereocenters. The topological polar surface area (TPSA) is 108 Å². The molecule has 9 nitrogen and oxygen atoms in total. The van der Waals surface area contributed by atoms with Gasteiger partial charge in [-0.05, 0) is 77.0 Å². The Labute approximate surface area is 452 Å². The van der Waals surface area contributed by atoms with Crippen LogP contribution in [0.4, 0.5) is 0 Å². The summed E-state index contributed by atoms with van der Waals surface area (Å²) in [5, 5.41) is 0. The minimum absolute atomic E-state index is 0.0313. The van der Waals surface area contributed by atoms with Crippen molar-refractivity contribution in [1.29, 1.82) is 0 Å². The second kappa shape index (κ2) is 54.7. The monoisotopic (exact) mass is 1050 g/mol. The normalized spacial score (nSPS) is 13.6. The summed E-state index contributed by atoms with van der Waals surface area (Å²) in [6.45, 7) is 4.44. The van der Waals surface area contributed by atoms with Gasteiger partial charge >= 0.3 is 19.8 Å². The largest absolute Gasteiger partial charge is 0.472 e. The average Bonchev–Trinajstić information content (AvgIpc) is 3.35. The number of carbonyl (C=O) groups is 2. The van der Waals surface area contributed by atoms with Crippen molar-refractivity contribution in [3.05, 3.63) is 48.6 Å². The fraction of sp³-hybridized carbons (Fsp3) is 0.841. The summed E-state index contributed by atoms with van der Waals surface area (Å²) in [5.41, 5.74) is 0. The van der Waals surface area contributed by atoms with Crippen molar-refractivity contribution in [3.63, 3.8) is 0 Å². The number of likely N-dealkylation sites (N-methyl/N-ethyl adjacent to an activating group) is 1. The summed E-state index contributed by atoms with van der Waals surface area (Å²) in [6, 6.07) is 0. The number of esters is 2. The number of phosphoric ester groups is 1. The number of ether oxygens (including phenoxy) is 2. The first-order valence-electron chi connectivity index (χ1n) is 30.9. The summed E-state index contributed by atoms with van der Waals surface area (Å²) >= 11 is 0. The van der Waals surface area contributed by atoms with Crippen LogP contribution in [0.2, 0.25) is 0 Å². The minimum Gasteiger partial charge on any atom is -0.462 e. The SMILES string of the molecule is CCCCCCC/C=C\C/C=C\C/C=C\CCCCCCCCCCCCCCCCCCCCC(=O)OC(COC(=O)CCCCCCC/C=C\CCCCCCCCC)COP(=O)(O)OCC[N+](C)(C)C. The molecular formula is C63H119NO8P+. The molecule has 0 aliphatic heterocycles. The maximum absolute atomic E-state index is 12.8. The molecule has 0 spiro atoms. The van der Waals surface area contributed by atoms with Gasteiger partial charge in [-0.1, -0.05) is 249 Å². The van der Waals surface area contributed by atoms with Gasteiger partial charge in [-0.2, -0.15) is 0 Å². The van der Waals surface area contributed by atoms with Crippen LogP contribution in [-0.4, -0.2) is 74.9 Å². The number of phosphoric acid groups is 1. The van der Waals surface area contributed by atoms with Crippen molar-refractivity contribution in [2.24, 2.45) is 0 Å². The summed E-state index contributed by atoms with van der Waals surface area (Å²) in [4.78, 5) is 35.7. The third-order valence-corrected chi connectivity index (χ3v) is 14.6. The van der Waals surface area contributed by atoms with Crippen LogP contribution in [0.5, 0.6) is 0 Å². The number of allylic oxidation sites excluding steroid dienone is 8. The third-order valence-electron chi connectivity index (χ3n) is 13.6. The summed E-state index contributed by atoms with van der Waals surface area (Å²) in [6.07, 6.45) is 69.1. The van der Waals surface area contributed by atoms with Crippen molar-refractivity contribution in [1.82, 2.24) is 0 Å². The molecular weight excluding hydrogens is 930 g/mol. The second-order valence-electron chi connectivity index (χ2n) is 22.1. The zero-order chi connectivity index (χ0) is 53.5. The summed E-state index contributed by atoms with van der Waals surface area (Å²) in [7, 11) is 1.48. The Morgan fingerprint density at radius 3 is 1.11 bits per heavy atom.